The average Bonchev–Trinajstić information content (AvgIpc) is 3.02. The normalized spacial score (nSPS) is 12.3. The number of phenols is 1. The molecule has 3 N–H and O–H groups in total. The number of nitrogens with zero attached hydrogens (tertiary/aromatic N) is 1. The minimum absolute atomic E-state index is 0.0453. The summed E-state index contributed by atoms with van der Waals surface area (Å²) in [5, 5.41) is 28.8. The fourth-order valence-corrected chi connectivity index (χ4v) is 2.46. The van der Waals surface area contributed by atoms with E-state index >= 15 is 0 Å². The molecular weight excluding hydrogens is 302 g/mol. The first-order valence-corrected chi connectivity index (χ1v) is 6.89. The Hall–Kier alpha value is -2.77. The Morgan fingerprint density at radius 2 is 1.78 bits per heavy atom. The number of carbonyl (C=O) groups is 1. The highest BCUT2D eigenvalue weighted by Crippen LogP contribution is 2.44. The summed E-state index contributed by atoms with van der Waals surface area (Å²) in [6.07, 6.45) is 0. The van der Waals surface area contributed by atoms with Crippen LogP contribution in [0.15, 0.2) is 36.4 Å². The molecule has 0 spiro atoms. The van der Waals surface area contributed by atoms with Gasteiger partial charge in [0.1, 0.15) is 19.1 Å². The van der Waals surface area contributed by atoms with Crippen molar-refractivity contribution in [2.45, 2.75) is 0 Å². The Balaban J connectivity index is 2.13. The highest BCUT2D eigenvalue weighted by atomic mass is 16.7. The number of aliphatic hydroxyl groups is 2. The Kier molecular flexibility index (Phi) is 4.05. The summed E-state index contributed by atoms with van der Waals surface area (Å²) in [7, 11) is 0. The number of anilines is 1. The molecule has 0 radical (unpaired) electrons. The molecule has 0 aromatic heterocycles. The van der Waals surface area contributed by atoms with Crippen molar-refractivity contribution in [1.29, 1.82) is 0 Å². The first kappa shape index (κ1) is 15.1. The zero-order chi connectivity index (χ0) is 16.4. The van der Waals surface area contributed by atoms with Crippen LogP contribution in [0.3, 0.4) is 0 Å². The lowest BCUT2D eigenvalue weighted by Crippen LogP contribution is -2.34. The molecule has 0 saturated carbocycles. The second-order valence-corrected chi connectivity index (χ2v) is 4.86. The molecule has 0 unspecified atom stereocenters. The molecule has 0 bridgehead atoms. The number of benzene rings is 2. The third-order valence-electron chi connectivity index (χ3n) is 3.55. The van der Waals surface area contributed by atoms with Crippen LogP contribution in [0, 0.1) is 0 Å². The minimum atomic E-state index is -0.734. The van der Waals surface area contributed by atoms with Crippen molar-refractivity contribution in [2.75, 3.05) is 25.0 Å². The highest BCUT2D eigenvalue weighted by Gasteiger charge is 2.22. The van der Waals surface area contributed by atoms with E-state index in [2.05, 4.69) is 0 Å². The summed E-state index contributed by atoms with van der Waals surface area (Å²) in [6, 6.07) is 9.78. The maximum Gasteiger partial charge on any atom is 0.254 e. The van der Waals surface area contributed by atoms with Crippen molar-refractivity contribution in [3.05, 3.63) is 36.4 Å². The molecule has 2 aromatic carbocycles. The standard InChI is InChI=1S/C16H15NO6/c18-7-16(21)17(8-19)12-4-2-1-3-10(12)11-5-14-15(6-13(11)20)23-9-22-14/h1-6,18-20H,7-9H2. The maximum absolute atomic E-state index is 11.8. The van der Waals surface area contributed by atoms with Crippen molar-refractivity contribution in [3.63, 3.8) is 0 Å². The molecule has 2 aromatic rings. The number of rotatable bonds is 4. The number of phenolic OH excluding ortho intramolecular Hbond substituents is 1. The number of aromatic hydroxyl groups is 1. The SMILES string of the molecule is O=C(CO)N(CO)c1ccccc1-c1cc2c(cc1O)OCO2. The number of fused-ring (bicyclic) bond motifs is 1. The van der Waals surface area contributed by atoms with E-state index < -0.39 is 19.2 Å². The first-order chi connectivity index (χ1) is 11.2. The molecular formula is C16H15NO6. The third-order valence-corrected chi connectivity index (χ3v) is 3.55. The Morgan fingerprint density at radius 1 is 1.09 bits per heavy atom. The van der Waals surface area contributed by atoms with E-state index in [-0.39, 0.29) is 12.5 Å². The van der Waals surface area contributed by atoms with E-state index in [0.717, 1.165) is 4.90 Å². The van der Waals surface area contributed by atoms with Crippen LogP contribution in [-0.2, 0) is 4.79 Å². The number of aliphatic hydroxyl groups excluding tert-OH is 2. The molecule has 1 heterocycles. The summed E-state index contributed by atoms with van der Waals surface area (Å²) in [4.78, 5) is 12.8. The van der Waals surface area contributed by atoms with Crippen LogP contribution in [0.1, 0.15) is 0 Å². The summed E-state index contributed by atoms with van der Waals surface area (Å²) in [5.74, 6) is 0.224. The Labute approximate surface area is 131 Å². The van der Waals surface area contributed by atoms with Crippen LogP contribution < -0.4 is 14.4 Å². The molecule has 1 aliphatic heterocycles. The van der Waals surface area contributed by atoms with E-state index in [4.69, 9.17) is 14.6 Å². The number of amides is 1. The fraction of sp³-hybridized carbons (Fsp3) is 0.188. The predicted octanol–water partition coefficient (Wildman–Crippen LogP) is 1.06. The minimum Gasteiger partial charge on any atom is -0.507 e. The molecule has 0 saturated heterocycles. The molecule has 0 aliphatic carbocycles. The second kappa shape index (κ2) is 6.15. The average molecular weight is 317 g/mol. The number of hydrogen-bond acceptors (Lipinski definition) is 6. The van der Waals surface area contributed by atoms with Crippen LogP contribution in [0.25, 0.3) is 11.1 Å². The largest absolute Gasteiger partial charge is 0.507 e. The maximum atomic E-state index is 11.8. The van der Waals surface area contributed by atoms with Crippen molar-refractivity contribution in [1.82, 2.24) is 0 Å². The lowest BCUT2D eigenvalue weighted by Gasteiger charge is -2.22. The van der Waals surface area contributed by atoms with E-state index in [9.17, 15) is 15.0 Å². The van der Waals surface area contributed by atoms with Gasteiger partial charge in [-0.3, -0.25) is 9.69 Å². The van der Waals surface area contributed by atoms with Gasteiger partial charge in [-0.1, -0.05) is 18.2 Å². The van der Waals surface area contributed by atoms with Gasteiger partial charge in [0.25, 0.3) is 5.91 Å². The van der Waals surface area contributed by atoms with Gasteiger partial charge < -0.3 is 24.8 Å². The zero-order valence-corrected chi connectivity index (χ0v) is 12.1. The monoisotopic (exact) mass is 317 g/mol. The van der Waals surface area contributed by atoms with Gasteiger partial charge in [-0.05, 0) is 12.1 Å². The molecule has 23 heavy (non-hydrogen) atoms. The molecule has 120 valence electrons. The van der Waals surface area contributed by atoms with Crippen LogP contribution >= 0.6 is 0 Å². The number of hydrogen-bond donors (Lipinski definition) is 3. The van der Waals surface area contributed by atoms with Crippen molar-refractivity contribution in [3.8, 4) is 28.4 Å². The first-order valence-electron chi connectivity index (χ1n) is 6.89. The summed E-state index contributed by atoms with van der Waals surface area (Å²) < 4.78 is 10.5. The molecule has 0 atom stereocenters. The fourth-order valence-electron chi connectivity index (χ4n) is 2.46. The number of para-hydroxylation sites is 1. The zero-order valence-electron chi connectivity index (χ0n) is 12.1. The van der Waals surface area contributed by atoms with Crippen LogP contribution in [0.5, 0.6) is 17.2 Å². The quantitative estimate of drug-likeness (QED) is 0.729. The van der Waals surface area contributed by atoms with E-state index in [0.29, 0.717) is 28.3 Å². The van der Waals surface area contributed by atoms with Gasteiger partial charge in [0, 0.05) is 17.2 Å². The summed E-state index contributed by atoms with van der Waals surface area (Å²) in [6.45, 7) is -1.25. The van der Waals surface area contributed by atoms with Gasteiger partial charge >= 0.3 is 0 Å². The van der Waals surface area contributed by atoms with Crippen LogP contribution in [-0.4, -0.2) is 41.4 Å². The highest BCUT2D eigenvalue weighted by molar-refractivity contribution is 5.99. The Morgan fingerprint density at radius 3 is 2.48 bits per heavy atom. The summed E-state index contributed by atoms with van der Waals surface area (Å²) >= 11 is 0. The van der Waals surface area contributed by atoms with Gasteiger partial charge in [0.05, 0.1) is 5.69 Å². The summed E-state index contributed by atoms with van der Waals surface area (Å²) in [5.41, 5.74) is 1.30. The molecule has 7 heteroatoms. The van der Waals surface area contributed by atoms with Crippen molar-refractivity contribution >= 4 is 11.6 Å². The van der Waals surface area contributed by atoms with Gasteiger partial charge in [0.15, 0.2) is 11.5 Å². The van der Waals surface area contributed by atoms with Gasteiger partial charge in [-0.15, -0.1) is 0 Å². The van der Waals surface area contributed by atoms with Gasteiger partial charge in [-0.2, -0.15) is 0 Å². The predicted molar refractivity (Wildman–Crippen MR) is 81.3 cm³/mol. The van der Waals surface area contributed by atoms with Crippen LogP contribution in [0.2, 0.25) is 0 Å². The smallest absolute Gasteiger partial charge is 0.254 e. The van der Waals surface area contributed by atoms with Gasteiger partial charge in [0.2, 0.25) is 6.79 Å². The van der Waals surface area contributed by atoms with Gasteiger partial charge in [-0.25, -0.2) is 0 Å². The topological polar surface area (TPSA) is 99.5 Å². The van der Waals surface area contributed by atoms with E-state index in [1.165, 1.54) is 6.07 Å². The lowest BCUT2D eigenvalue weighted by atomic mass is 10.0. The Bertz CT molecular complexity index is 745. The van der Waals surface area contributed by atoms with E-state index in [1.54, 1.807) is 30.3 Å². The molecule has 1 aliphatic rings. The molecule has 7 nitrogen and oxygen atoms in total. The number of ether oxygens (including phenoxy) is 2. The molecule has 0 fully saturated rings. The van der Waals surface area contributed by atoms with Crippen molar-refractivity contribution in [2.24, 2.45) is 0 Å². The lowest BCUT2D eigenvalue weighted by molar-refractivity contribution is -0.122. The van der Waals surface area contributed by atoms with Crippen LogP contribution in [0.4, 0.5) is 5.69 Å². The third kappa shape index (κ3) is 2.67. The second-order valence-electron chi connectivity index (χ2n) is 4.86. The molecule has 3 rings (SSSR count). The van der Waals surface area contributed by atoms with E-state index in [1.807, 2.05) is 0 Å². The van der Waals surface area contributed by atoms with Crippen molar-refractivity contribution < 1.29 is 29.6 Å². The molecule has 1 amide bonds. The number of carbonyl (C=O) groups excluding carboxylic acids is 1.